The predicted molar refractivity (Wildman–Crippen MR) is 108 cm³/mol. The lowest BCUT2D eigenvalue weighted by Gasteiger charge is -2.47. The molecule has 1 aliphatic carbocycles. The van der Waals surface area contributed by atoms with E-state index in [4.69, 9.17) is 0 Å². The van der Waals surface area contributed by atoms with E-state index in [-0.39, 0.29) is 17.5 Å². The van der Waals surface area contributed by atoms with E-state index in [0.717, 1.165) is 32.1 Å². The minimum absolute atomic E-state index is 0.0116. The number of benzene rings is 1. The Labute approximate surface area is 164 Å². The summed E-state index contributed by atoms with van der Waals surface area (Å²) in [7, 11) is 0. The Balaban J connectivity index is 2.05. The predicted octanol–water partition coefficient (Wildman–Crippen LogP) is 4.61. The number of hydrogen-bond donors (Lipinski definition) is 1. The van der Waals surface area contributed by atoms with Gasteiger partial charge >= 0.3 is 0 Å². The minimum Gasteiger partial charge on any atom is -0.507 e. The number of Topliss-reactive ketones (excluding diaryl/α,β-unsaturated/α-hetero) is 1. The zero-order chi connectivity index (χ0) is 19.7. The van der Waals surface area contributed by atoms with Gasteiger partial charge in [-0.3, -0.25) is 9.59 Å². The number of aldehydes is 1. The van der Waals surface area contributed by atoms with Crippen molar-refractivity contribution in [3.63, 3.8) is 0 Å². The smallest absolute Gasteiger partial charge is 0.185 e. The van der Waals surface area contributed by atoms with Gasteiger partial charge in [0.1, 0.15) is 11.6 Å². The average molecular weight is 376 g/mol. The minimum atomic E-state index is -1.59. The summed E-state index contributed by atoms with van der Waals surface area (Å²) in [6.07, 6.45) is 7.22. The molecule has 4 rings (SSSR count). The summed E-state index contributed by atoms with van der Waals surface area (Å²) in [6.45, 7) is 1.42. The van der Waals surface area contributed by atoms with Crippen molar-refractivity contribution in [1.29, 1.82) is 0 Å². The van der Waals surface area contributed by atoms with Gasteiger partial charge in [-0.25, -0.2) is 4.98 Å². The largest absolute Gasteiger partial charge is 0.507 e. The molecule has 2 aromatic rings. The molecule has 1 fully saturated rings. The van der Waals surface area contributed by atoms with Crippen molar-refractivity contribution in [2.75, 3.05) is 4.90 Å². The first-order valence-electron chi connectivity index (χ1n) is 9.83. The van der Waals surface area contributed by atoms with Crippen LogP contribution in [0.5, 0.6) is 0 Å². The molecule has 5 nitrogen and oxygen atoms in total. The topological polar surface area (TPSA) is 70.5 Å². The number of aromatic nitrogens is 1. The van der Waals surface area contributed by atoms with Gasteiger partial charge in [0.2, 0.25) is 0 Å². The number of hydrogen-bond acceptors (Lipinski definition) is 5. The third kappa shape index (κ3) is 2.65. The normalized spacial score (nSPS) is 22.7. The first-order chi connectivity index (χ1) is 13.6. The number of carbonyl (C=O) groups is 2. The summed E-state index contributed by atoms with van der Waals surface area (Å²) < 4.78 is 0. The SMILES string of the molecule is CC(=O)C1(C=O)C(C2CCCCC2)=C(O)c2cccnc2N1c1ccccc1. The molecular formula is C23H24N2O3. The summed E-state index contributed by atoms with van der Waals surface area (Å²) in [5.41, 5.74) is 0.199. The number of fused-ring (bicyclic) bond motifs is 1. The summed E-state index contributed by atoms with van der Waals surface area (Å²) >= 11 is 0. The van der Waals surface area contributed by atoms with Crippen LogP contribution in [0.15, 0.2) is 54.2 Å². The molecule has 1 aromatic carbocycles. The Morgan fingerprint density at radius 2 is 1.86 bits per heavy atom. The van der Waals surface area contributed by atoms with Crippen LogP contribution in [0.3, 0.4) is 0 Å². The summed E-state index contributed by atoms with van der Waals surface area (Å²) in [6, 6.07) is 12.9. The lowest BCUT2D eigenvalue weighted by atomic mass is 9.70. The molecule has 0 bridgehead atoms. The van der Waals surface area contributed by atoms with Crippen LogP contribution in [0, 0.1) is 5.92 Å². The summed E-state index contributed by atoms with van der Waals surface area (Å²) in [4.78, 5) is 31.9. The van der Waals surface area contributed by atoms with Gasteiger partial charge in [-0.05, 0) is 49.9 Å². The van der Waals surface area contributed by atoms with Crippen molar-refractivity contribution < 1.29 is 14.7 Å². The fraction of sp³-hybridized carbons (Fsp3) is 0.348. The van der Waals surface area contributed by atoms with Crippen LogP contribution in [0.4, 0.5) is 11.5 Å². The van der Waals surface area contributed by atoms with Crippen LogP contribution in [-0.4, -0.2) is 27.7 Å². The Hall–Kier alpha value is -2.95. The molecule has 1 unspecified atom stereocenters. The van der Waals surface area contributed by atoms with Crippen molar-refractivity contribution in [2.24, 2.45) is 5.92 Å². The van der Waals surface area contributed by atoms with Crippen LogP contribution in [0.2, 0.25) is 0 Å². The molecule has 0 amide bonds. The lowest BCUT2D eigenvalue weighted by Crippen LogP contribution is -2.58. The van der Waals surface area contributed by atoms with E-state index in [9.17, 15) is 14.7 Å². The molecule has 1 atom stereocenters. The van der Waals surface area contributed by atoms with Gasteiger partial charge in [-0.15, -0.1) is 0 Å². The highest BCUT2D eigenvalue weighted by Crippen LogP contribution is 2.50. The third-order valence-electron chi connectivity index (χ3n) is 6.01. The van der Waals surface area contributed by atoms with Gasteiger partial charge in [0.15, 0.2) is 17.6 Å². The molecule has 2 heterocycles. The van der Waals surface area contributed by atoms with Crippen LogP contribution in [-0.2, 0) is 9.59 Å². The number of ketones is 1. The highest BCUT2D eigenvalue weighted by atomic mass is 16.3. The van der Waals surface area contributed by atoms with Gasteiger partial charge in [0, 0.05) is 17.5 Å². The highest BCUT2D eigenvalue weighted by molar-refractivity contribution is 6.14. The fourth-order valence-corrected chi connectivity index (χ4v) is 4.72. The Morgan fingerprint density at radius 1 is 1.14 bits per heavy atom. The van der Waals surface area contributed by atoms with Crippen molar-refractivity contribution in [1.82, 2.24) is 4.98 Å². The standard InChI is InChI=1S/C23H24N2O3/c1-16(27)23(15-26)20(17-9-4-2-5-10-17)21(28)19-13-8-14-24-22(19)25(23)18-11-6-3-7-12-18/h3,6-8,11-15,17,28H,2,4-5,9-10H2,1H3. The Kier molecular flexibility index (Phi) is 4.75. The molecule has 2 aliphatic rings. The Bertz CT molecular complexity index is 932. The Morgan fingerprint density at radius 3 is 2.50 bits per heavy atom. The number of aliphatic hydroxyl groups is 1. The second-order valence-corrected chi connectivity index (χ2v) is 7.58. The van der Waals surface area contributed by atoms with E-state index < -0.39 is 5.54 Å². The number of nitrogens with zero attached hydrogens (tertiary/aromatic N) is 2. The number of carbonyl (C=O) groups excluding carboxylic acids is 2. The molecule has 0 radical (unpaired) electrons. The monoisotopic (exact) mass is 376 g/mol. The highest BCUT2D eigenvalue weighted by Gasteiger charge is 2.54. The number of para-hydroxylation sites is 1. The molecule has 1 aromatic heterocycles. The van der Waals surface area contributed by atoms with Crippen molar-refractivity contribution >= 4 is 29.3 Å². The lowest BCUT2D eigenvalue weighted by molar-refractivity contribution is -0.126. The van der Waals surface area contributed by atoms with Gasteiger partial charge in [-0.2, -0.15) is 0 Å². The molecule has 0 saturated heterocycles. The molecule has 28 heavy (non-hydrogen) atoms. The van der Waals surface area contributed by atoms with E-state index in [1.165, 1.54) is 6.92 Å². The van der Waals surface area contributed by atoms with Crippen LogP contribution in [0.1, 0.15) is 44.6 Å². The quantitative estimate of drug-likeness (QED) is 0.623. The van der Waals surface area contributed by atoms with Gasteiger partial charge < -0.3 is 10.0 Å². The molecular weight excluding hydrogens is 352 g/mol. The maximum Gasteiger partial charge on any atom is 0.185 e. The molecule has 1 saturated carbocycles. The van der Waals surface area contributed by atoms with E-state index in [2.05, 4.69) is 4.98 Å². The molecule has 1 N–H and O–H groups in total. The van der Waals surface area contributed by atoms with Gasteiger partial charge in [0.05, 0.1) is 5.56 Å². The number of aliphatic hydroxyl groups excluding tert-OH is 1. The summed E-state index contributed by atoms with van der Waals surface area (Å²) in [5, 5.41) is 11.3. The average Bonchev–Trinajstić information content (AvgIpc) is 2.74. The number of anilines is 2. The van der Waals surface area contributed by atoms with Crippen LogP contribution < -0.4 is 4.90 Å². The number of rotatable bonds is 4. The number of pyridine rings is 1. The second-order valence-electron chi connectivity index (χ2n) is 7.58. The summed E-state index contributed by atoms with van der Waals surface area (Å²) in [5.74, 6) is 0.134. The maximum absolute atomic E-state index is 13.1. The molecule has 1 aliphatic heterocycles. The van der Waals surface area contributed by atoms with Crippen molar-refractivity contribution in [3.8, 4) is 0 Å². The third-order valence-corrected chi connectivity index (χ3v) is 6.01. The molecule has 5 heteroatoms. The van der Waals surface area contributed by atoms with Crippen LogP contribution >= 0.6 is 0 Å². The van der Waals surface area contributed by atoms with E-state index in [1.807, 2.05) is 30.3 Å². The first-order valence-corrected chi connectivity index (χ1v) is 9.83. The first kappa shape index (κ1) is 18.4. The van der Waals surface area contributed by atoms with E-state index in [0.29, 0.717) is 28.9 Å². The van der Waals surface area contributed by atoms with Gasteiger partial charge in [0.25, 0.3) is 0 Å². The van der Waals surface area contributed by atoms with E-state index >= 15 is 0 Å². The fourth-order valence-electron chi connectivity index (χ4n) is 4.72. The second kappa shape index (κ2) is 7.23. The van der Waals surface area contributed by atoms with Crippen molar-refractivity contribution in [2.45, 2.75) is 44.6 Å². The van der Waals surface area contributed by atoms with Crippen LogP contribution in [0.25, 0.3) is 5.76 Å². The van der Waals surface area contributed by atoms with Crippen molar-refractivity contribution in [3.05, 3.63) is 59.8 Å². The van der Waals surface area contributed by atoms with E-state index in [1.54, 1.807) is 23.2 Å². The maximum atomic E-state index is 13.1. The molecule has 144 valence electrons. The molecule has 0 spiro atoms. The van der Waals surface area contributed by atoms with Gasteiger partial charge in [-0.1, -0.05) is 37.5 Å². The zero-order valence-electron chi connectivity index (χ0n) is 16.0. The zero-order valence-corrected chi connectivity index (χ0v) is 16.0.